The van der Waals surface area contributed by atoms with Crippen molar-refractivity contribution < 1.29 is 9.53 Å². The van der Waals surface area contributed by atoms with Gasteiger partial charge in [0, 0.05) is 24.9 Å². The van der Waals surface area contributed by atoms with Crippen molar-refractivity contribution in [3.05, 3.63) is 18.1 Å². The first-order valence-electron chi connectivity index (χ1n) is 5.20. The fourth-order valence-corrected chi connectivity index (χ4v) is 1.21. The first kappa shape index (κ1) is 12.6. The van der Waals surface area contributed by atoms with Gasteiger partial charge in [-0.05, 0) is 5.92 Å². The molecule has 16 heavy (non-hydrogen) atoms. The SMILES string of the molecule is COc1nccnc1C(=O)CC(N)C(C)C. The van der Waals surface area contributed by atoms with E-state index in [1.54, 1.807) is 0 Å². The van der Waals surface area contributed by atoms with Gasteiger partial charge in [-0.1, -0.05) is 13.8 Å². The Labute approximate surface area is 95.0 Å². The average molecular weight is 223 g/mol. The summed E-state index contributed by atoms with van der Waals surface area (Å²) in [6.07, 6.45) is 3.21. The number of hydrogen-bond acceptors (Lipinski definition) is 5. The maximum absolute atomic E-state index is 11.9. The molecule has 1 unspecified atom stereocenters. The number of carbonyl (C=O) groups is 1. The Morgan fingerprint density at radius 1 is 1.44 bits per heavy atom. The summed E-state index contributed by atoms with van der Waals surface area (Å²) in [7, 11) is 1.46. The maximum Gasteiger partial charge on any atom is 0.243 e. The Kier molecular flexibility index (Phi) is 4.37. The molecule has 1 atom stereocenters. The fraction of sp³-hybridized carbons (Fsp3) is 0.545. The van der Waals surface area contributed by atoms with E-state index in [9.17, 15) is 4.79 Å². The summed E-state index contributed by atoms with van der Waals surface area (Å²) in [5.74, 6) is 0.376. The van der Waals surface area contributed by atoms with Crippen molar-refractivity contribution in [3.8, 4) is 5.88 Å². The maximum atomic E-state index is 11.9. The van der Waals surface area contributed by atoms with E-state index in [-0.39, 0.29) is 35.7 Å². The van der Waals surface area contributed by atoms with Crippen LogP contribution in [-0.2, 0) is 0 Å². The molecule has 1 aromatic heterocycles. The lowest BCUT2D eigenvalue weighted by molar-refractivity contribution is 0.0958. The Morgan fingerprint density at radius 3 is 2.62 bits per heavy atom. The van der Waals surface area contributed by atoms with Gasteiger partial charge in [-0.25, -0.2) is 9.97 Å². The van der Waals surface area contributed by atoms with Crippen LogP contribution in [0, 0.1) is 5.92 Å². The highest BCUT2D eigenvalue weighted by Crippen LogP contribution is 2.15. The van der Waals surface area contributed by atoms with Crippen LogP contribution in [0.1, 0.15) is 30.8 Å². The lowest BCUT2D eigenvalue weighted by Crippen LogP contribution is -2.29. The van der Waals surface area contributed by atoms with E-state index in [1.165, 1.54) is 19.5 Å². The van der Waals surface area contributed by atoms with Crippen molar-refractivity contribution in [2.24, 2.45) is 11.7 Å². The molecule has 2 N–H and O–H groups in total. The molecule has 0 aliphatic rings. The number of Topliss-reactive ketones (excluding diaryl/α,β-unsaturated/α-hetero) is 1. The zero-order valence-electron chi connectivity index (χ0n) is 9.80. The van der Waals surface area contributed by atoms with Crippen LogP contribution in [0.2, 0.25) is 0 Å². The molecular formula is C11H17N3O2. The first-order valence-corrected chi connectivity index (χ1v) is 5.20. The third-order valence-corrected chi connectivity index (χ3v) is 2.40. The molecule has 1 heterocycles. The lowest BCUT2D eigenvalue weighted by Gasteiger charge is -2.14. The number of ketones is 1. The van der Waals surface area contributed by atoms with E-state index >= 15 is 0 Å². The van der Waals surface area contributed by atoms with Crippen LogP contribution >= 0.6 is 0 Å². The molecule has 88 valence electrons. The van der Waals surface area contributed by atoms with Crippen LogP contribution in [0.15, 0.2) is 12.4 Å². The molecule has 0 aliphatic heterocycles. The van der Waals surface area contributed by atoms with Gasteiger partial charge in [-0.3, -0.25) is 4.79 Å². The van der Waals surface area contributed by atoms with Gasteiger partial charge < -0.3 is 10.5 Å². The van der Waals surface area contributed by atoms with Gasteiger partial charge in [0.25, 0.3) is 0 Å². The van der Waals surface area contributed by atoms with Crippen molar-refractivity contribution in [1.82, 2.24) is 9.97 Å². The third kappa shape index (κ3) is 3.00. The predicted octanol–water partition coefficient (Wildman–Crippen LogP) is 1.04. The third-order valence-electron chi connectivity index (χ3n) is 2.40. The summed E-state index contributed by atoms with van der Waals surface area (Å²) in [4.78, 5) is 19.8. The molecule has 0 bridgehead atoms. The minimum Gasteiger partial charge on any atom is -0.479 e. The molecular weight excluding hydrogens is 206 g/mol. The number of methoxy groups -OCH3 is 1. The van der Waals surface area contributed by atoms with Crippen molar-refractivity contribution in [2.45, 2.75) is 26.3 Å². The fourth-order valence-electron chi connectivity index (χ4n) is 1.21. The molecule has 5 nitrogen and oxygen atoms in total. The second-order valence-electron chi connectivity index (χ2n) is 3.95. The summed E-state index contributed by atoms with van der Waals surface area (Å²) in [6.45, 7) is 3.96. The Bertz CT molecular complexity index is 366. The molecule has 0 saturated carbocycles. The Balaban J connectivity index is 2.80. The minimum atomic E-state index is -0.167. The molecule has 0 radical (unpaired) electrons. The molecule has 0 spiro atoms. The number of nitrogens with zero attached hydrogens (tertiary/aromatic N) is 2. The highest BCUT2D eigenvalue weighted by Gasteiger charge is 2.19. The summed E-state index contributed by atoms with van der Waals surface area (Å²) >= 11 is 0. The van der Waals surface area contributed by atoms with Crippen LogP contribution in [0.5, 0.6) is 5.88 Å². The van der Waals surface area contributed by atoms with E-state index < -0.39 is 0 Å². The molecule has 0 saturated heterocycles. The van der Waals surface area contributed by atoms with Crippen LogP contribution in [0.3, 0.4) is 0 Å². The molecule has 0 aliphatic carbocycles. The average Bonchev–Trinajstić information content (AvgIpc) is 2.28. The number of ether oxygens (including phenoxy) is 1. The van der Waals surface area contributed by atoms with E-state index in [0.29, 0.717) is 0 Å². The van der Waals surface area contributed by atoms with Gasteiger partial charge >= 0.3 is 0 Å². The molecule has 0 fully saturated rings. The van der Waals surface area contributed by atoms with E-state index in [2.05, 4.69) is 9.97 Å². The molecule has 5 heteroatoms. The van der Waals surface area contributed by atoms with Gasteiger partial charge in [-0.2, -0.15) is 0 Å². The van der Waals surface area contributed by atoms with Gasteiger partial charge in [0.2, 0.25) is 5.88 Å². The van der Waals surface area contributed by atoms with Crippen LogP contribution in [-0.4, -0.2) is 28.9 Å². The van der Waals surface area contributed by atoms with Crippen molar-refractivity contribution in [3.63, 3.8) is 0 Å². The monoisotopic (exact) mass is 223 g/mol. The molecule has 1 aromatic rings. The largest absolute Gasteiger partial charge is 0.479 e. The molecule has 1 rings (SSSR count). The number of nitrogens with two attached hydrogens (primary N) is 1. The van der Waals surface area contributed by atoms with Crippen molar-refractivity contribution >= 4 is 5.78 Å². The van der Waals surface area contributed by atoms with Gasteiger partial charge in [0.15, 0.2) is 11.5 Å². The zero-order chi connectivity index (χ0) is 12.1. The zero-order valence-corrected chi connectivity index (χ0v) is 9.80. The number of aromatic nitrogens is 2. The summed E-state index contributed by atoms with van der Waals surface area (Å²) < 4.78 is 4.97. The van der Waals surface area contributed by atoms with Crippen molar-refractivity contribution in [2.75, 3.05) is 7.11 Å². The van der Waals surface area contributed by atoms with Gasteiger partial charge in [-0.15, -0.1) is 0 Å². The normalized spacial score (nSPS) is 12.6. The smallest absolute Gasteiger partial charge is 0.243 e. The van der Waals surface area contributed by atoms with Crippen LogP contribution in [0.4, 0.5) is 0 Å². The lowest BCUT2D eigenvalue weighted by atomic mass is 9.99. The van der Waals surface area contributed by atoms with Gasteiger partial charge in [0.05, 0.1) is 7.11 Å². The second-order valence-corrected chi connectivity index (χ2v) is 3.95. The topological polar surface area (TPSA) is 78.1 Å². The number of rotatable bonds is 5. The first-order chi connectivity index (χ1) is 7.56. The van der Waals surface area contributed by atoms with E-state index in [0.717, 1.165) is 0 Å². The summed E-state index contributed by atoms with van der Waals surface area (Å²) in [5.41, 5.74) is 6.09. The molecule has 0 amide bonds. The Hall–Kier alpha value is -1.49. The highest BCUT2D eigenvalue weighted by molar-refractivity contribution is 5.96. The Morgan fingerprint density at radius 2 is 2.06 bits per heavy atom. The molecule has 0 aromatic carbocycles. The van der Waals surface area contributed by atoms with Gasteiger partial charge in [0.1, 0.15) is 0 Å². The van der Waals surface area contributed by atoms with E-state index in [1.807, 2.05) is 13.8 Å². The number of carbonyl (C=O) groups excluding carboxylic acids is 1. The number of hydrogen-bond donors (Lipinski definition) is 1. The predicted molar refractivity (Wildman–Crippen MR) is 60.3 cm³/mol. The summed E-state index contributed by atoms with van der Waals surface area (Å²) in [5, 5.41) is 0. The summed E-state index contributed by atoms with van der Waals surface area (Å²) in [6, 6.07) is -0.167. The van der Waals surface area contributed by atoms with E-state index in [4.69, 9.17) is 10.5 Å². The highest BCUT2D eigenvalue weighted by atomic mass is 16.5. The van der Waals surface area contributed by atoms with Crippen LogP contribution in [0.25, 0.3) is 0 Å². The second kappa shape index (κ2) is 5.55. The minimum absolute atomic E-state index is 0.133. The quantitative estimate of drug-likeness (QED) is 0.754. The van der Waals surface area contributed by atoms with Crippen LogP contribution < -0.4 is 10.5 Å². The van der Waals surface area contributed by atoms with Crippen molar-refractivity contribution in [1.29, 1.82) is 0 Å². The standard InChI is InChI=1S/C11H17N3O2/c1-7(2)8(12)6-9(15)10-11(16-3)14-5-4-13-10/h4-5,7-8H,6,12H2,1-3H3.